The van der Waals surface area contributed by atoms with Gasteiger partial charge in [-0.15, -0.1) is 0 Å². The average molecular weight is 559 g/mol. The normalized spacial score (nSPS) is 11.2. The summed E-state index contributed by atoms with van der Waals surface area (Å²) >= 11 is 0. The van der Waals surface area contributed by atoms with Gasteiger partial charge in [0.25, 0.3) is 0 Å². The molecule has 10 nitrogen and oxygen atoms in total. The molecule has 0 aliphatic carbocycles. The predicted octanol–water partition coefficient (Wildman–Crippen LogP) is 3.44. The van der Waals surface area contributed by atoms with Crippen molar-refractivity contribution in [1.82, 2.24) is 0 Å². The van der Waals surface area contributed by atoms with Crippen LogP contribution in [0.15, 0.2) is 30.3 Å². The average Bonchev–Trinajstić information content (AvgIpc) is 2.95. The maximum atomic E-state index is 11.4. The summed E-state index contributed by atoms with van der Waals surface area (Å²) in [6.45, 7) is 10.6. The van der Waals surface area contributed by atoms with Gasteiger partial charge < -0.3 is 42.6 Å². The van der Waals surface area contributed by atoms with Crippen LogP contribution in [0.4, 0.5) is 0 Å². The van der Waals surface area contributed by atoms with E-state index in [1.807, 2.05) is 30.3 Å². The molecule has 0 aromatic heterocycles. The number of carbonyl (C=O) groups is 1. The molecular formula is C29H50O10. The Balaban J connectivity index is 1.65. The van der Waals surface area contributed by atoms with E-state index in [-0.39, 0.29) is 12.6 Å². The number of hydrogen-bond acceptors (Lipinski definition) is 10. The molecule has 10 heteroatoms. The first-order chi connectivity index (χ1) is 19.3. The van der Waals surface area contributed by atoms with Crippen LogP contribution in [0, 0.1) is 0 Å². The molecule has 0 amide bonds. The van der Waals surface area contributed by atoms with Crippen molar-refractivity contribution in [1.29, 1.82) is 0 Å². The fourth-order valence-electron chi connectivity index (χ4n) is 3.11. The quantitative estimate of drug-likeness (QED) is 0.103. The van der Waals surface area contributed by atoms with Crippen molar-refractivity contribution in [2.75, 3.05) is 106 Å². The zero-order chi connectivity index (χ0) is 27.9. The minimum atomic E-state index is -0.156. The molecule has 0 atom stereocenters. The Morgan fingerprint density at radius 3 is 1.31 bits per heavy atom. The molecule has 0 N–H and O–H groups in total. The van der Waals surface area contributed by atoms with Gasteiger partial charge in [-0.2, -0.15) is 0 Å². The zero-order valence-corrected chi connectivity index (χ0v) is 23.8. The van der Waals surface area contributed by atoms with E-state index in [0.717, 1.165) is 24.8 Å². The van der Waals surface area contributed by atoms with Gasteiger partial charge in [-0.3, -0.25) is 4.79 Å². The first-order valence-corrected chi connectivity index (χ1v) is 14.1. The molecule has 0 saturated heterocycles. The van der Waals surface area contributed by atoms with Crippen LogP contribution in [0.25, 0.3) is 0 Å². The summed E-state index contributed by atoms with van der Waals surface area (Å²) in [5, 5.41) is 0. The molecule has 0 unspecified atom stereocenters. The fraction of sp³-hybridized carbons (Fsp3) is 0.759. The standard InChI is InChI=1S/C29H50O10/c1-2-3-5-10-29(30)39-26-25-37-22-21-35-18-17-33-14-13-31-11-12-32-15-16-34-19-20-36-23-24-38-27-28-8-6-4-7-9-28/h4,6-9H,2-3,5,10-27H2,1H3. The molecule has 0 saturated carbocycles. The molecule has 226 valence electrons. The topological polar surface area (TPSA) is 100 Å². The highest BCUT2D eigenvalue weighted by Crippen LogP contribution is 2.01. The molecule has 0 aliphatic rings. The number of esters is 1. The number of rotatable bonds is 30. The van der Waals surface area contributed by atoms with Gasteiger partial charge in [-0.25, -0.2) is 0 Å². The number of hydrogen-bond donors (Lipinski definition) is 0. The van der Waals surface area contributed by atoms with Crippen LogP contribution in [0.3, 0.4) is 0 Å². The highest BCUT2D eigenvalue weighted by molar-refractivity contribution is 5.69. The number of ether oxygens (including phenoxy) is 9. The number of unbranched alkanes of at least 4 members (excludes halogenated alkanes) is 2. The lowest BCUT2D eigenvalue weighted by Gasteiger charge is -2.09. The third kappa shape index (κ3) is 26.4. The van der Waals surface area contributed by atoms with Crippen LogP contribution in [0.2, 0.25) is 0 Å². The largest absolute Gasteiger partial charge is 0.463 e. The second-order valence-electron chi connectivity index (χ2n) is 8.50. The van der Waals surface area contributed by atoms with Crippen molar-refractivity contribution in [2.45, 2.75) is 39.2 Å². The molecule has 0 spiro atoms. The van der Waals surface area contributed by atoms with Gasteiger partial charge in [0.05, 0.1) is 106 Å². The lowest BCUT2D eigenvalue weighted by Crippen LogP contribution is -2.15. The molecule has 0 bridgehead atoms. The van der Waals surface area contributed by atoms with E-state index in [4.69, 9.17) is 42.6 Å². The molecule has 39 heavy (non-hydrogen) atoms. The maximum absolute atomic E-state index is 11.4. The monoisotopic (exact) mass is 558 g/mol. The van der Waals surface area contributed by atoms with E-state index in [2.05, 4.69) is 6.92 Å². The van der Waals surface area contributed by atoms with E-state index in [0.29, 0.717) is 112 Å². The van der Waals surface area contributed by atoms with E-state index in [1.54, 1.807) is 0 Å². The van der Waals surface area contributed by atoms with E-state index in [1.165, 1.54) is 0 Å². The Bertz CT molecular complexity index is 632. The molecule has 0 fully saturated rings. The summed E-state index contributed by atoms with van der Waals surface area (Å²) in [5.41, 5.74) is 1.16. The van der Waals surface area contributed by atoms with Gasteiger partial charge in [-0.05, 0) is 12.0 Å². The lowest BCUT2D eigenvalue weighted by atomic mass is 10.2. The highest BCUT2D eigenvalue weighted by atomic mass is 16.6. The first kappa shape index (κ1) is 35.4. The highest BCUT2D eigenvalue weighted by Gasteiger charge is 2.02. The summed E-state index contributed by atoms with van der Waals surface area (Å²) in [4.78, 5) is 11.4. The molecule has 1 aromatic rings. The van der Waals surface area contributed by atoms with Crippen LogP contribution >= 0.6 is 0 Å². The van der Waals surface area contributed by atoms with Gasteiger partial charge in [0.1, 0.15) is 6.61 Å². The van der Waals surface area contributed by atoms with Gasteiger partial charge in [0.2, 0.25) is 0 Å². The lowest BCUT2D eigenvalue weighted by molar-refractivity contribution is -0.145. The van der Waals surface area contributed by atoms with E-state index < -0.39 is 0 Å². The van der Waals surface area contributed by atoms with Crippen molar-refractivity contribution in [3.63, 3.8) is 0 Å². The maximum Gasteiger partial charge on any atom is 0.305 e. The van der Waals surface area contributed by atoms with Gasteiger partial charge in [-0.1, -0.05) is 50.1 Å². The van der Waals surface area contributed by atoms with Crippen LogP contribution in [0.1, 0.15) is 38.2 Å². The van der Waals surface area contributed by atoms with E-state index >= 15 is 0 Å². The minimum absolute atomic E-state index is 0.156. The Kier molecular flexibility index (Phi) is 26.6. The van der Waals surface area contributed by atoms with Crippen molar-refractivity contribution < 1.29 is 47.4 Å². The molecule has 1 rings (SSSR count). The zero-order valence-electron chi connectivity index (χ0n) is 23.8. The molecule has 0 aliphatic heterocycles. The molecule has 0 heterocycles. The van der Waals surface area contributed by atoms with Crippen molar-refractivity contribution in [2.24, 2.45) is 0 Å². The summed E-state index contributed by atoms with van der Waals surface area (Å²) < 4.78 is 48.8. The van der Waals surface area contributed by atoms with Crippen molar-refractivity contribution >= 4 is 5.97 Å². The number of benzene rings is 1. The van der Waals surface area contributed by atoms with E-state index in [9.17, 15) is 4.79 Å². The molecular weight excluding hydrogens is 508 g/mol. The smallest absolute Gasteiger partial charge is 0.305 e. The van der Waals surface area contributed by atoms with Crippen LogP contribution in [-0.2, 0) is 54.0 Å². The summed E-state index contributed by atoms with van der Waals surface area (Å²) in [5.74, 6) is -0.156. The molecule has 0 radical (unpaired) electrons. The third-order valence-electron chi connectivity index (χ3n) is 5.19. The Morgan fingerprint density at radius 1 is 0.513 bits per heavy atom. The SMILES string of the molecule is CCCCCC(=O)OCCOCCOCCOCCOCCOCCOCCOCCOCc1ccccc1. The van der Waals surface area contributed by atoms with Gasteiger partial charge in [0.15, 0.2) is 0 Å². The summed E-state index contributed by atoms with van der Waals surface area (Å²) in [6, 6.07) is 10.1. The van der Waals surface area contributed by atoms with Crippen molar-refractivity contribution in [3.05, 3.63) is 35.9 Å². The Morgan fingerprint density at radius 2 is 0.897 bits per heavy atom. The summed E-state index contributed by atoms with van der Waals surface area (Å²) in [7, 11) is 0. The summed E-state index contributed by atoms with van der Waals surface area (Å²) in [6.07, 6.45) is 3.51. The Hall–Kier alpha value is -1.63. The van der Waals surface area contributed by atoms with Crippen molar-refractivity contribution in [3.8, 4) is 0 Å². The van der Waals surface area contributed by atoms with Crippen LogP contribution in [-0.4, -0.2) is 112 Å². The number of carbonyl (C=O) groups excluding carboxylic acids is 1. The second-order valence-corrected chi connectivity index (χ2v) is 8.50. The molecule has 1 aromatic carbocycles. The van der Waals surface area contributed by atoms with Gasteiger partial charge >= 0.3 is 5.97 Å². The van der Waals surface area contributed by atoms with Crippen LogP contribution in [0.5, 0.6) is 0 Å². The fourth-order valence-corrected chi connectivity index (χ4v) is 3.11. The van der Waals surface area contributed by atoms with Crippen LogP contribution < -0.4 is 0 Å². The predicted molar refractivity (Wildman–Crippen MR) is 147 cm³/mol. The Labute approximate surface area is 234 Å². The minimum Gasteiger partial charge on any atom is -0.463 e. The second kappa shape index (κ2) is 29.4. The first-order valence-electron chi connectivity index (χ1n) is 14.1. The third-order valence-corrected chi connectivity index (χ3v) is 5.19. The van der Waals surface area contributed by atoms with Gasteiger partial charge in [0, 0.05) is 6.42 Å².